The Bertz CT molecular complexity index is 314. The number of hydrogen-bond donors (Lipinski definition) is 4. The van der Waals surface area contributed by atoms with Crippen molar-refractivity contribution in [3.8, 4) is 0 Å². The summed E-state index contributed by atoms with van der Waals surface area (Å²) in [6.07, 6.45) is -0.981. The Morgan fingerprint density at radius 3 is 2.33 bits per heavy atom. The van der Waals surface area contributed by atoms with Gasteiger partial charge in [-0.2, -0.15) is 0 Å². The van der Waals surface area contributed by atoms with E-state index in [-0.39, 0.29) is 13.0 Å². The summed E-state index contributed by atoms with van der Waals surface area (Å²) in [4.78, 5) is 31.9. The van der Waals surface area contributed by atoms with Crippen molar-refractivity contribution in [1.82, 2.24) is 5.32 Å². The molecule has 84 valence electrons. The number of hydrogen-bond acceptors (Lipinski definition) is 4. The molecule has 1 rings (SSSR count). The Labute approximate surface area is 84.7 Å². The lowest BCUT2D eigenvalue weighted by Crippen LogP contribution is -2.65. The van der Waals surface area contributed by atoms with Crippen LogP contribution in [0.3, 0.4) is 0 Å². The molecule has 0 radical (unpaired) electrons. The summed E-state index contributed by atoms with van der Waals surface area (Å²) in [5, 5.41) is 28.9. The maximum Gasteiger partial charge on any atom is 0.307 e. The minimum Gasteiger partial charge on any atom is -0.481 e. The van der Waals surface area contributed by atoms with E-state index in [2.05, 4.69) is 5.32 Å². The molecule has 0 saturated carbocycles. The smallest absolute Gasteiger partial charge is 0.307 e. The number of aliphatic hydroxyl groups is 1. The van der Waals surface area contributed by atoms with Crippen LogP contribution in [0.5, 0.6) is 0 Å². The van der Waals surface area contributed by atoms with E-state index in [9.17, 15) is 19.5 Å². The van der Waals surface area contributed by atoms with E-state index in [1.807, 2.05) is 0 Å². The van der Waals surface area contributed by atoms with Crippen molar-refractivity contribution in [2.24, 2.45) is 5.92 Å². The molecule has 1 aliphatic heterocycles. The fourth-order valence-electron chi connectivity index (χ4n) is 1.39. The predicted molar refractivity (Wildman–Crippen MR) is 46.0 cm³/mol. The van der Waals surface area contributed by atoms with Crippen LogP contribution in [0.1, 0.15) is 12.8 Å². The summed E-state index contributed by atoms with van der Waals surface area (Å²) < 4.78 is 0. The van der Waals surface area contributed by atoms with Gasteiger partial charge < -0.3 is 20.6 Å². The van der Waals surface area contributed by atoms with Gasteiger partial charge in [-0.25, -0.2) is 0 Å². The van der Waals surface area contributed by atoms with E-state index < -0.39 is 35.8 Å². The van der Waals surface area contributed by atoms with Crippen molar-refractivity contribution in [1.29, 1.82) is 0 Å². The van der Waals surface area contributed by atoms with Crippen molar-refractivity contribution < 1.29 is 29.7 Å². The standard InChI is InChI=1S/C8H11NO6/c10-5(11)1-4(6(12)13)2-8(15)3-9-7(8)14/h4,15H,1-3H2,(H,9,14)(H,10,11)(H,12,13)/t4-,8+/m1/s1. The van der Waals surface area contributed by atoms with Gasteiger partial charge in [-0.05, 0) is 0 Å². The number of aliphatic carboxylic acids is 2. The van der Waals surface area contributed by atoms with Crippen LogP contribution in [0.15, 0.2) is 0 Å². The third kappa shape index (κ3) is 2.44. The second kappa shape index (κ2) is 3.85. The highest BCUT2D eigenvalue weighted by atomic mass is 16.4. The van der Waals surface area contributed by atoms with Crippen molar-refractivity contribution in [3.05, 3.63) is 0 Å². The van der Waals surface area contributed by atoms with Crippen molar-refractivity contribution in [3.63, 3.8) is 0 Å². The van der Waals surface area contributed by atoms with E-state index in [1.165, 1.54) is 0 Å². The number of nitrogens with one attached hydrogen (secondary N) is 1. The van der Waals surface area contributed by atoms with E-state index in [4.69, 9.17) is 10.2 Å². The molecule has 7 nitrogen and oxygen atoms in total. The quantitative estimate of drug-likeness (QED) is 0.412. The van der Waals surface area contributed by atoms with Crippen LogP contribution in [-0.2, 0) is 14.4 Å². The van der Waals surface area contributed by atoms with Gasteiger partial charge in [0.2, 0.25) is 0 Å². The first kappa shape index (κ1) is 11.4. The second-order valence-electron chi connectivity index (χ2n) is 3.55. The SMILES string of the molecule is O=C(O)C[C@H](C[C@]1(O)CNC1=O)C(=O)O. The number of carbonyl (C=O) groups excluding carboxylic acids is 1. The van der Waals surface area contributed by atoms with Gasteiger partial charge in [-0.3, -0.25) is 14.4 Å². The van der Waals surface area contributed by atoms with Crippen LogP contribution >= 0.6 is 0 Å². The lowest BCUT2D eigenvalue weighted by molar-refractivity contribution is -0.160. The van der Waals surface area contributed by atoms with Crippen LogP contribution in [0.4, 0.5) is 0 Å². The number of carboxylic acids is 2. The molecule has 0 unspecified atom stereocenters. The average Bonchev–Trinajstić information content (AvgIpc) is 2.13. The number of carbonyl (C=O) groups is 3. The van der Waals surface area contributed by atoms with E-state index >= 15 is 0 Å². The fourth-order valence-corrected chi connectivity index (χ4v) is 1.39. The molecule has 1 amide bonds. The molecule has 0 aromatic rings. The topological polar surface area (TPSA) is 124 Å². The Kier molecular flexibility index (Phi) is 2.94. The summed E-state index contributed by atoms with van der Waals surface area (Å²) in [7, 11) is 0. The number of rotatable bonds is 5. The molecule has 0 aromatic carbocycles. The molecule has 1 fully saturated rings. The molecule has 1 saturated heterocycles. The zero-order valence-corrected chi connectivity index (χ0v) is 7.77. The lowest BCUT2D eigenvalue weighted by atomic mass is 9.83. The predicted octanol–water partition coefficient (Wildman–Crippen LogP) is -1.59. The average molecular weight is 217 g/mol. The number of carboxylic acid groups (broad SMARTS) is 2. The highest BCUT2D eigenvalue weighted by Crippen LogP contribution is 2.24. The van der Waals surface area contributed by atoms with Gasteiger partial charge in [0.25, 0.3) is 5.91 Å². The van der Waals surface area contributed by atoms with Crippen LogP contribution in [0, 0.1) is 5.92 Å². The first-order valence-corrected chi connectivity index (χ1v) is 4.30. The lowest BCUT2D eigenvalue weighted by Gasteiger charge is -2.37. The van der Waals surface area contributed by atoms with Crippen LogP contribution in [-0.4, -0.2) is 45.3 Å². The largest absolute Gasteiger partial charge is 0.481 e. The second-order valence-corrected chi connectivity index (χ2v) is 3.55. The third-order valence-corrected chi connectivity index (χ3v) is 2.32. The molecule has 1 heterocycles. The maximum atomic E-state index is 10.9. The van der Waals surface area contributed by atoms with Gasteiger partial charge in [-0.1, -0.05) is 0 Å². The van der Waals surface area contributed by atoms with Crippen LogP contribution < -0.4 is 5.32 Å². The van der Waals surface area contributed by atoms with Crippen LogP contribution in [0.2, 0.25) is 0 Å². The van der Waals surface area contributed by atoms with Crippen LogP contribution in [0.25, 0.3) is 0 Å². The molecular formula is C8H11NO6. The molecular weight excluding hydrogens is 206 g/mol. The van der Waals surface area contributed by atoms with E-state index in [1.54, 1.807) is 0 Å². The fraction of sp³-hybridized carbons (Fsp3) is 0.625. The highest BCUT2D eigenvalue weighted by Gasteiger charge is 2.47. The number of β-lactam (4-membered cyclic amide) rings is 1. The number of amides is 1. The summed E-state index contributed by atoms with van der Waals surface area (Å²) >= 11 is 0. The van der Waals surface area contributed by atoms with Crippen molar-refractivity contribution >= 4 is 17.8 Å². The Morgan fingerprint density at radius 2 is 2.07 bits per heavy atom. The Balaban J connectivity index is 2.62. The Hall–Kier alpha value is -1.63. The first-order chi connectivity index (χ1) is 6.85. The summed E-state index contributed by atoms with van der Waals surface area (Å²) in [6, 6.07) is 0. The molecule has 2 atom stereocenters. The molecule has 1 aliphatic rings. The number of β-amino-alcohol motifs (C(OH)–C–C–N with tert-alkyl or cyclic N) is 1. The third-order valence-electron chi connectivity index (χ3n) is 2.32. The van der Waals surface area contributed by atoms with Crippen molar-refractivity contribution in [2.45, 2.75) is 18.4 Å². The molecule has 0 aromatic heterocycles. The molecule has 15 heavy (non-hydrogen) atoms. The van der Waals surface area contributed by atoms with Crippen molar-refractivity contribution in [2.75, 3.05) is 6.54 Å². The Morgan fingerprint density at radius 1 is 1.47 bits per heavy atom. The molecule has 0 bridgehead atoms. The molecule has 7 heteroatoms. The summed E-state index contributed by atoms with van der Waals surface area (Å²) in [5.74, 6) is -4.51. The highest BCUT2D eigenvalue weighted by molar-refractivity contribution is 5.92. The first-order valence-electron chi connectivity index (χ1n) is 4.30. The van der Waals surface area contributed by atoms with Gasteiger partial charge in [0, 0.05) is 6.42 Å². The van der Waals surface area contributed by atoms with Gasteiger partial charge >= 0.3 is 11.9 Å². The van der Waals surface area contributed by atoms with E-state index in [0.717, 1.165) is 0 Å². The summed E-state index contributed by atoms with van der Waals surface area (Å²) in [6.45, 7) is -0.0325. The minimum absolute atomic E-state index is 0.0325. The van der Waals surface area contributed by atoms with Gasteiger partial charge in [0.15, 0.2) is 5.60 Å². The monoisotopic (exact) mass is 217 g/mol. The zero-order chi connectivity index (χ0) is 11.6. The maximum absolute atomic E-state index is 10.9. The zero-order valence-electron chi connectivity index (χ0n) is 7.77. The summed E-state index contributed by atoms with van der Waals surface area (Å²) in [5.41, 5.74) is -1.72. The molecule has 0 aliphatic carbocycles. The molecule has 4 N–H and O–H groups in total. The van der Waals surface area contributed by atoms with Gasteiger partial charge in [0.1, 0.15) is 0 Å². The normalized spacial score (nSPS) is 26.3. The molecule has 0 spiro atoms. The minimum atomic E-state index is -1.72. The van der Waals surface area contributed by atoms with Gasteiger partial charge in [-0.15, -0.1) is 0 Å². The van der Waals surface area contributed by atoms with Gasteiger partial charge in [0.05, 0.1) is 18.9 Å². The van der Waals surface area contributed by atoms with E-state index in [0.29, 0.717) is 0 Å².